The number of aliphatic hydroxyl groups is 1. The third kappa shape index (κ3) is 12.6. The number of methoxy groups -OCH3 is 2. The van der Waals surface area contributed by atoms with Crippen LogP contribution in [0.1, 0.15) is 58.9 Å². The highest BCUT2D eigenvalue weighted by Gasteiger charge is 2.26. The van der Waals surface area contributed by atoms with Crippen molar-refractivity contribution in [1.82, 2.24) is 5.32 Å². The Kier molecular flexibility index (Phi) is 15.9. The predicted molar refractivity (Wildman–Crippen MR) is 144 cm³/mol. The van der Waals surface area contributed by atoms with Gasteiger partial charge >= 0.3 is 5.97 Å². The Hall–Kier alpha value is -2.36. The summed E-state index contributed by atoms with van der Waals surface area (Å²) in [7, 11) is 3.29. The summed E-state index contributed by atoms with van der Waals surface area (Å²) in [6.07, 6.45) is 1.73. The van der Waals surface area contributed by atoms with Crippen LogP contribution in [0.2, 0.25) is 0 Å². The second-order valence-corrected chi connectivity index (χ2v) is 9.84. The second kappa shape index (κ2) is 18.0. The lowest BCUT2D eigenvalue weighted by Gasteiger charge is -2.28. The summed E-state index contributed by atoms with van der Waals surface area (Å²) in [5.41, 5.74) is 7.51. The second-order valence-electron chi connectivity index (χ2n) is 9.84. The monoisotopic (exact) mass is 524 g/mol. The maximum absolute atomic E-state index is 12.4. The molecule has 0 fully saturated rings. The van der Waals surface area contributed by atoms with Gasteiger partial charge in [0.25, 0.3) is 0 Å². The zero-order chi connectivity index (χ0) is 27.8. The van der Waals surface area contributed by atoms with E-state index in [2.05, 4.69) is 19.2 Å². The molecule has 4 atom stereocenters. The molecule has 9 nitrogen and oxygen atoms in total. The highest BCUT2D eigenvalue weighted by molar-refractivity contribution is 5.79. The van der Waals surface area contributed by atoms with Crippen LogP contribution in [-0.2, 0) is 25.5 Å². The first-order chi connectivity index (χ1) is 17.6. The number of hydrogen-bond donors (Lipinski definition) is 3. The van der Waals surface area contributed by atoms with Gasteiger partial charge in [-0.2, -0.15) is 0 Å². The lowest BCUT2D eigenvalue weighted by Crippen LogP contribution is -2.41. The van der Waals surface area contributed by atoms with Gasteiger partial charge in [0.2, 0.25) is 5.91 Å². The van der Waals surface area contributed by atoms with E-state index in [1.807, 2.05) is 18.2 Å². The SMILES string of the molecule is CCOC(=O)CCNC(=O)C(C)CC(O)C(N)CC(Cc1ccc(OC)c(OCCCOC)c1)C(C)C. The molecule has 0 saturated heterocycles. The Morgan fingerprint density at radius 3 is 2.43 bits per heavy atom. The van der Waals surface area contributed by atoms with Gasteiger partial charge in [0.05, 0.1) is 32.8 Å². The largest absolute Gasteiger partial charge is 0.493 e. The molecular formula is C28H48N2O7. The normalized spacial score (nSPS) is 14.5. The number of hydrogen-bond acceptors (Lipinski definition) is 8. The molecule has 212 valence electrons. The van der Waals surface area contributed by atoms with Gasteiger partial charge in [-0.1, -0.05) is 26.8 Å². The zero-order valence-corrected chi connectivity index (χ0v) is 23.5. The molecule has 1 rings (SSSR count). The molecule has 4 N–H and O–H groups in total. The Labute approximate surface area is 222 Å². The van der Waals surface area contributed by atoms with Crippen LogP contribution in [0.4, 0.5) is 0 Å². The number of esters is 1. The van der Waals surface area contributed by atoms with Crippen molar-refractivity contribution in [3.05, 3.63) is 23.8 Å². The summed E-state index contributed by atoms with van der Waals surface area (Å²) >= 11 is 0. The van der Waals surface area contributed by atoms with Gasteiger partial charge in [-0.05, 0) is 55.7 Å². The van der Waals surface area contributed by atoms with Crippen LogP contribution >= 0.6 is 0 Å². The summed E-state index contributed by atoms with van der Waals surface area (Å²) in [4.78, 5) is 23.8. The van der Waals surface area contributed by atoms with Gasteiger partial charge in [-0.25, -0.2) is 0 Å². The topological polar surface area (TPSA) is 129 Å². The quantitative estimate of drug-likeness (QED) is 0.186. The van der Waals surface area contributed by atoms with Crippen LogP contribution in [0.15, 0.2) is 18.2 Å². The van der Waals surface area contributed by atoms with E-state index in [-0.39, 0.29) is 37.2 Å². The molecule has 0 bridgehead atoms. The van der Waals surface area contributed by atoms with E-state index in [4.69, 9.17) is 24.7 Å². The molecular weight excluding hydrogens is 476 g/mol. The maximum atomic E-state index is 12.4. The minimum absolute atomic E-state index is 0.121. The summed E-state index contributed by atoms with van der Waals surface area (Å²) in [6.45, 7) is 9.47. The number of amides is 1. The average molecular weight is 525 g/mol. The van der Waals surface area contributed by atoms with Gasteiger partial charge in [0, 0.05) is 38.6 Å². The predicted octanol–water partition coefficient (Wildman–Crippen LogP) is 3.10. The fourth-order valence-corrected chi connectivity index (χ4v) is 4.09. The lowest BCUT2D eigenvalue weighted by atomic mass is 9.82. The third-order valence-electron chi connectivity index (χ3n) is 6.46. The molecule has 0 aliphatic heterocycles. The van der Waals surface area contributed by atoms with Crippen LogP contribution in [0.25, 0.3) is 0 Å². The molecule has 0 radical (unpaired) electrons. The minimum atomic E-state index is -0.817. The van der Waals surface area contributed by atoms with Crippen molar-refractivity contribution < 1.29 is 33.6 Å². The number of nitrogens with two attached hydrogens (primary N) is 1. The Balaban J connectivity index is 2.67. The van der Waals surface area contributed by atoms with E-state index >= 15 is 0 Å². The number of rotatable bonds is 19. The van der Waals surface area contributed by atoms with Crippen LogP contribution < -0.4 is 20.5 Å². The molecule has 0 spiro atoms. The molecule has 0 aliphatic carbocycles. The van der Waals surface area contributed by atoms with E-state index in [9.17, 15) is 14.7 Å². The number of nitrogens with one attached hydrogen (secondary N) is 1. The van der Waals surface area contributed by atoms with Crippen LogP contribution in [0, 0.1) is 17.8 Å². The first-order valence-electron chi connectivity index (χ1n) is 13.3. The Morgan fingerprint density at radius 1 is 1.08 bits per heavy atom. The summed E-state index contributed by atoms with van der Waals surface area (Å²) in [5.74, 6) is 0.962. The van der Waals surface area contributed by atoms with Crippen molar-refractivity contribution >= 4 is 11.9 Å². The van der Waals surface area contributed by atoms with E-state index in [0.717, 1.165) is 18.4 Å². The fraction of sp³-hybridized carbons (Fsp3) is 0.714. The Morgan fingerprint density at radius 2 is 1.81 bits per heavy atom. The molecule has 1 aromatic carbocycles. The first-order valence-corrected chi connectivity index (χ1v) is 13.3. The highest BCUT2D eigenvalue weighted by Crippen LogP contribution is 2.31. The van der Waals surface area contributed by atoms with Gasteiger partial charge < -0.3 is 35.1 Å². The van der Waals surface area contributed by atoms with Crippen molar-refractivity contribution in [3.63, 3.8) is 0 Å². The van der Waals surface area contributed by atoms with E-state index < -0.39 is 18.1 Å². The molecule has 0 heterocycles. The van der Waals surface area contributed by atoms with Gasteiger partial charge in [-0.3, -0.25) is 9.59 Å². The van der Waals surface area contributed by atoms with Gasteiger partial charge in [0.15, 0.2) is 11.5 Å². The van der Waals surface area contributed by atoms with Crippen LogP contribution in [0.3, 0.4) is 0 Å². The maximum Gasteiger partial charge on any atom is 0.307 e. The minimum Gasteiger partial charge on any atom is -0.493 e. The fourth-order valence-electron chi connectivity index (χ4n) is 4.09. The number of ether oxygens (including phenoxy) is 4. The molecule has 4 unspecified atom stereocenters. The molecule has 37 heavy (non-hydrogen) atoms. The van der Waals surface area contributed by atoms with Crippen molar-refractivity contribution in [1.29, 1.82) is 0 Å². The van der Waals surface area contributed by atoms with Crippen molar-refractivity contribution in [2.45, 2.75) is 71.9 Å². The first kappa shape index (κ1) is 32.7. The van der Waals surface area contributed by atoms with E-state index in [1.54, 1.807) is 28.1 Å². The standard InChI is InChI=1S/C28H48N2O7/c1-7-36-27(32)11-12-30-28(33)20(4)15-24(31)23(29)18-22(19(2)3)16-21-9-10-25(35-6)26(17-21)37-14-8-13-34-5/h9-10,17,19-20,22-24,31H,7-8,11-16,18,29H2,1-6H3,(H,30,33). The van der Waals surface area contributed by atoms with Crippen LogP contribution in [0.5, 0.6) is 11.5 Å². The number of carbonyl (C=O) groups excluding carboxylic acids is 2. The average Bonchev–Trinajstić information content (AvgIpc) is 2.86. The Bertz CT molecular complexity index is 803. The highest BCUT2D eigenvalue weighted by atomic mass is 16.5. The summed E-state index contributed by atoms with van der Waals surface area (Å²) in [6, 6.07) is 5.48. The lowest BCUT2D eigenvalue weighted by molar-refractivity contribution is -0.143. The third-order valence-corrected chi connectivity index (χ3v) is 6.46. The number of benzene rings is 1. The summed E-state index contributed by atoms with van der Waals surface area (Å²) < 4.78 is 21.3. The molecule has 1 aromatic rings. The number of aliphatic hydroxyl groups excluding tert-OH is 1. The molecule has 1 amide bonds. The zero-order valence-electron chi connectivity index (χ0n) is 23.5. The van der Waals surface area contributed by atoms with Crippen molar-refractivity contribution in [3.8, 4) is 11.5 Å². The molecule has 0 aromatic heterocycles. The number of carbonyl (C=O) groups is 2. The van der Waals surface area contributed by atoms with E-state index in [0.29, 0.717) is 43.7 Å². The molecule has 9 heteroatoms. The summed E-state index contributed by atoms with van der Waals surface area (Å²) in [5, 5.41) is 13.5. The molecule has 0 aliphatic rings. The van der Waals surface area contributed by atoms with Crippen molar-refractivity contribution in [2.24, 2.45) is 23.5 Å². The van der Waals surface area contributed by atoms with Crippen molar-refractivity contribution in [2.75, 3.05) is 40.6 Å². The van der Waals surface area contributed by atoms with Gasteiger partial charge in [0.1, 0.15) is 0 Å². The smallest absolute Gasteiger partial charge is 0.307 e. The van der Waals surface area contributed by atoms with E-state index in [1.165, 1.54) is 0 Å². The van der Waals surface area contributed by atoms with Crippen LogP contribution in [-0.4, -0.2) is 69.7 Å². The van der Waals surface area contributed by atoms with Gasteiger partial charge in [-0.15, -0.1) is 0 Å². The molecule has 0 saturated carbocycles.